The van der Waals surface area contributed by atoms with Gasteiger partial charge in [0.15, 0.2) is 6.10 Å². The van der Waals surface area contributed by atoms with E-state index in [4.69, 9.17) is 18.5 Å². The van der Waals surface area contributed by atoms with Crippen LogP contribution in [-0.4, -0.2) is 70.0 Å². The predicted octanol–water partition coefficient (Wildman–Crippen LogP) is 23.9. The van der Waals surface area contributed by atoms with Gasteiger partial charge in [0.2, 0.25) is 0 Å². The van der Waals surface area contributed by atoms with Crippen LogP contribution in [0.5, 0.6) is 0 Å². The van der Waals surface area contributed by atoms with Crippen molar-refractivity contribution in [2.45, 2.75) is 290 Å². The number of phosphoric acid groups is 1. The number of ether oxygens (including phenoxy) is 2. The van der Waals surface area contributed by atoms with Crippen molar-refractivity contribution in [1.82, 2.24) is 0 Å². The fourth-order valence-electron chi connectivity index (χ4n) is 9.68. The number of hydrogen-bond acceptors (Lipinski definition) is 8. The molecule has 92 heavy (non-hydrogen) atoms. The summed E-state index contributed by atoms with van der Waals surface area (Å²) in [5.41, 5.74) is 0. The van der Waals surface area contributed by atoms with E-state index in [1.807, 2.05) is 21.1 Å². The number of carbonyl (C=O) groups excluding carboxylic acids is 2. The zero-order chi connectivity index (χ0) is 66.9. The van der Waals surface area contributed by atoms with Gasteiger partial charge in [-0.3, -0.25) is 14.2 Å². The third-order valence-corrected chi connectivity index (χ3v) is 16.2. The van der Waals surface area contributed by atoms with Gasteiger partial charge in [-0.05, 0) is 128 Å². The molecule has 522 valence electrons. The van der Waals surface area contributed by atoms with Crippen molar-refractivity contribution in [3.63, 3.8) is 0 Å². The number of carbonyl (C=O) groups is 2. The number of esters is 2. The number of unbranched alkanes of at least 4 members (excludes halogenated alkanes) is 24. The van der Waals surface area contributed by atoms with Crippen molar-refractivity contribution in [3.8, 4) is 0 Å². The molecule has 0 N–H and O–H groups in total. The molecular weight excluding hydrogens is 1160 g/mol. The second-order valence-electron chi connectivity index (χ2n) is 25.2. The van der Waals surface area contributed by atoms with E-state index in [2.05, 4.69) is 184 Å². The molecule has 2 unspecified atom stereocenters. The molecule has 0 aliphatic carbocycles. The number of phosphoric ester groups is 1. The maximum atomic E-state index is 12.9. The molecule has 0 radical (unpaired) electrons. The van der Waals surface area contributed by atoms with E-state index in [1.54, 1.807) is 0 Å². The van der Waals surface area contributed by atoms with Gasteiger partial charge in [-0.1, -0.05) is 312 Å². The third kappa shape index (κ3) is 74.4. The summed E-state index contributed by atoms with van der Waals surface area (Å²) in [6, 6.07) is 0. The molecule has 0 aliphatic rings. The molecule has 0 aromatic carbocycles. The maximum Gasteiger partial charge on any atom is 0.306 e. The lowest BCUT2D eigenvalue weighted by atomic mass is 10.0. The first kappa shape index (κ1) is 87.4. The molecule has 0 aliphatic heterocycles. The SMILES string of the molecule is CC/C=C\C/C=C\C/C=C\C/C=C\C/C=C\C/C=C\C/C=C\C/C=C\C/C=C\CCCCCCCCCCCC(=O)OC(COC(=O)CCCCCCCCCCCCCCCCC/C=C\C/C=C\C/C=C\C/C=C\C/C=C\CC)COP(=O)([O-])OCC[N+](C)(C)C. The Balaban J connectivity index is 4.09. The van der Waals surface area contributed by atoms with Gasteiger partial charge in [-0.2, -0.15) is 0 Å². The van der Waals surface area contributed by atoms with Gasteiger partial charge < -0.3 is 27.9 Å². The molecular formula is C82H136NO8P. The molecule has 0 heterocycles. The Labute approximate surface area is 566 Å². The van der Waals surface area contributed by atoms with Gasteiger partial charge >= 0.3 is 11.9 Å². The average Bonchev–Trinajstić information content (AvgIpc) is 2.34. The summed E-state index contributed by atoms with van der Waals surface area (Å²) >= 11 is 0. The molecule has 0 bridgehead atoms. The summed E-state index contributed by atoms with van der Waals surface area (Å²) in [5, 5.41) is 0. The van der Waals surface area contributed by atoms with Crippen molar-refractivity contribution in [2.24, 2.45) is 0 Å². The molecule has 0 aromatic heterocycles. The van der Waals surface area contributed by atoms with Crippen LogP contribution in [0.3, 0.4) is 0 Å². The van der Waals surface area contributed by atoms with Gasteiger partial charge in [0.05, 0.1) is 27.7 Å². The van der Waals surface area contributed by atoms with Gasteiger partial charge in [-0.15, -0.1) is 0 Å². The van der Waals surface area contributed by atoms with Gasteiger partial charge in [0, 0.05) is 12.8 Å². The number of allylic oxidation sites excluding steroid dienone is 28. The smallest absolute Gasteiger partial charge is 0.306 e. The fourth-order valence-corrected chi connectivity index (χ4v) is 10.4. The highest BCUT2D eigenvalue weighted by Crippen LogP contribution is 2.38. The van der Waals surface area contributed by atoms with E-state index in [1.165, 1.54) is 116 Å². The summed E-state index contributed by atoms with van der Waals surface area (Å²) in [6.07, 6.45) is 107. The molecule has 10 heteroatoms. The van der Waals surface area contributed by atoms with Crippen molar-refractivity contribution < 1.29 is 42.1 Å². The van der Waals surface area contributed by atoms with E-state index in [0.717, 1.165) is 135 Å². The van der Waals surface area contributed by atoms with Crippen molar-refractivity contribution >= 4 is 19.8 Å². The lowest BCUT2D eigenvalue weighted by Gasteiger charge is -2.28. The van der Waals surface area contributed by atoms with Crippen LogP contribution in [0.2, 0.25) is 0 Å². The topological polar surface area (TPSA) is 111 Å². The minimum atomic E-state index is -4.66. The second kappa shape index (κ2) is 70.7. The van der Waals surface area contributed by atoms with E-state index >= 15 is 0 Å². The standard InChI is InChI=1S/C82H136NO8P/c1-6-8-10-12-14-16-18-20-22-24-26-28-30-32-34-36-38-39-40-41-42-43-45-47-49-51-53-55-57-59-61-63-65-67-69-71-73-75-82(85)91-80(79-90-92(86,87)89-77-76-83(3,4)5)78-88-81(84)74-72-70-68-66-64-62-60-58-56-54-52-50-48-46-44-37-35-33-31-29-27-25-23-21-19-17-15-13-11-9-7-2/h8-11,14-17,20-23,26-29,32-35,38-39,41-42,45,47,51,53,80H,6-7,12-13,18-19,24-25,30-31,36-37,40,43-44,46,48-50,52,54-79H2,1-5H3/b10-8-,11-9-,16-14-,17-15-,22-20-,23-21-,28-26-,29-27-,34-32-,35-33-,39-38-,42-41-,47-45-,53-51-. The van der Waals surface area contributed by atoms with Crippen LogP contribution in [-0.2, 0) is 32.7 Å². The lowest BCUT2D eigenvalue weighted by molar-refractivity contribution is -0.870. The molecule has 0 saturated heterocycles. The normalized spacial score (nSPS) is 14.1. The average molecular weight is 1290 g/mol. The van der Waals surface area contributed by atoms with E-state index < -0.39 is 26.5 Å². The first-order valence-electron chi connectivity index (χ1n) is 36.8. The minimum Gasteiger partial charge on any atom is -0.756 e. The summed E-state index contributed by atoms with van der Waals surface area (Å²) < 4.78 is 34.3. The van der Waals surface area contributed by atoms with Crippen LogP contribution < -0.4 is 4.89 Å². The number of likely N-dealkylation sites (N-methyl/N-ethyl adjacent to an activating group) is 1. The molecule has 9 nitrogen and oxygen atoms in total. The molecule has 0 amide bonds. The number of rotatable bonds is 66. The third-order valence-electron chi connectivity index (χ3n) is 15.2. The van der Waals surface area contributed by atoms with Crippen LogP contribution >= 0.6 is 7.82 Å². The van der Waals surface area contributed by atoms with Crippen LogP contribution in [0.15, 0.2) is 170 Å². The van der Waals surface area contributed by atoms with Crippen LogP contribution in [0, 0.1) is 0 Å². The summed E-state index contributed by atoms with van der Waals surface area (Å²) in [4.78, 5) is 38.1. The van der Waals surface area contributed by atoms with E-state index in [9.17, 15) is 19.0 Å². The van der Waals surface area contributed by atoms with Crippen molar-refractivity contribution in [3.05, 3.63) is 170 Å². The highest BCUT2D eigenvalue weighted by molar-refractivity contribution is 7.45. The molecule has 2 atom stereocenters. The molecule has 0 fully saturated rings. The molecule has 0 rings (SSSR count). The Kier molecular flexibility index (Phi) is 67.1. The molecule has 0 spiro atoms. The maximum absolute atomic E-state index is 12.9. The van der Waals surface area contributed by atoms with Crippen molar-refractivity contribution in [1.29, 1.82) is 0 Å². The fraction of sp³-hybridized carbons (Fsp3) is 0.634. The largest absolute Gasteiger partial charge is 0.756 e. The Morgan fingerprint density at radius 1 is 0.337 bits per heavy atom. The van der Waals surface area contributed by atoms with Gasteiger partial charge in [0.25, 0.3) is 7.82 Å². The highest BCUT2D eigenvalue weighted by atomic mass is 31.2. The number of hydrogen-bond donors (Lipinski definition) is 0. The Morgan fingerprint density at radius 3 is 0.870 bits per heavy atom. The van der Waals surface area contributed by atoms with Gasteiger partial charge in [0.1, 0.15) is 19.8 Å². The van der Waals surface area contributed by atoms with Crippen LogP contribution in [0.4, 0.5) is 0 Å². The number of quaternary nitrogens is 1. The Morgan fingerprint density at radius 2 is 0.587 bits per heavy atom. The monoisotopic (exact) mass is 1290 g/mol. The van der Waals surface area contributed by atoms with E-state index in [0.29, 0.717) is 17.4 Å². The zero-order valence-corrected chi connectivity index (χ0v) is 60.3. The van der Waals surface area contributed by atoms with Crippen LogP contribution in [0.25, 0.3) is 0 Å². The minimum absolute atomic E-state index is 0.0396. The number of nitrogens with zero attached hydrogens (tertiary/aromatic N) is 1. The zero-order valence-electron chi connectivity index (χ0n) is 59.4. The second-order valence-corrected chi connectivity index (χ2v) is 26.6. The summed E-state index contributed by atoms with van der Waals surface area (Å²) in [6.45, 7) is 4.01. The highest BCUT2D eigenvalue weighted by Gasteiger charge is 2.22. The predicted molar refractivity (Wildman–Crippen MR) is 396 cm³/mol. The summed E-state index contributed by atoms with van der Waals surface area (Å²) in [7, 11) is 1.15. The molecule has 0 aromatic rings. The summed E-state index contributed by atoms with van der Waals surface area (Å²) in [5.74, 6) is -0.845. The first-order valence-corrected chi connectivity index (χ1v) is 38.3. The molecule has 0 saturated carbocycles. The van der Waals surface area contributed by atoms with Crippen LogP contribution in [0.1, 0.15) is 284 Å². The first-order chi connectivity index (χ1) is 45.0. The van der Waals surface area contributed by atoms with Crippen molar-refractivity contribution in [2.75, 3.05) is 47.5 Å². The Hall–Kier alpha value is -4.63. The lowest BCUT2D eigenvalue weighted by Crippen LogP contribution is -2.37. The van der Waals surface area contributed by atoms with Gasteiger partial charge in [-0.25, -0.2) is 0 Å². The Bertz CT molecular complexity index is 2160. The van der Waals surface area contributed by atoms with E-state index in [-0.39, 0.29) is 32.0 Å². The quantitative estimate of drug-likeness (QED) is 0.0195.